The van der Waals surface area contributed by atoms with Gasteiger partial charge in [-0.05, 0) is 126 Å². The zero-order valence-corrected chi connectivity index (χ0v) is 27.4. The molecule has 0 saturated heterocycles. The van der Waals surface area contributed by atoms with E-state index >= 15 is 0 Å². The van der Waals surface area contributed by atoms with Crippen molar-refractivity contribution in [2.24, 2.45) is 0 Å². The number of hydrogen-bond donors (Lipinski definition) is 0. The summed E-state index contributed by atoms with van der Waals surface area (Å²) in [4.78, 5) is 8.88. The Hall–Kier alpha value is -5.96. The molecule has 9 rings (SSSR count). The van der Waals surface area contributed by atoms with Crippen LogP contribution >= 0.6 is 0 Å². The van der Waals surface area contributed by atoms with Crippen molar-refractivity contribution in [1.82, 2.24) is 9.97 Å². The van der Waals surface area contributed by atoms with Crippen LogP contribution in [-0.4, -0.2) is 9.97 Å². The minimum absolute atomic E-state index is 0.206. The van der Waals surface area contributed by atoms with Crippen molar-refractivity contribution in [3.8, 4) is 45.9 Å². The van der Waals surface area contributed by atoms with Gasteiger partial charge in [0.1, 0.15) is 11.4 Å². The van der Waals surface area contributed by atoms with E-state index in [0.717, 1.165) is 22.5 Å². The molecule has 226 valence electrons. The number of rotatable bonds is 0. The Labute approximate surface area is 281 Å². The predicted molar refractivity (Wildman–Crippen MR) is 197 cm³/mol. The van der Waals surface area contributed by atoms with Crippen molar-refractivity contribution in [2.75, 3.05) is 0 Å². The maximum absolute atomic E-state index is 4.44. The van der Waals surface area contributed by atoms with E-state index in [1.54, 1.807) is 12.4 Å². The molecule has 0 fully saturated rings. The van der Waals surface area contributed by atoms with Gasteiger partial charge in [-0.15, -0.1) is 0 Å². The fraction of sp³-hybridized carbons (Fsp3) is 0.130. The lowest BCUT2D eigenvalue weighted by Gasteiger charge is -2.24. The summed E-state index contributed by atoms with van der Waals surface area (Å²) in [5.74, 6) is 13.6. The molecule has 0 aliphatic heterocycles. The van der Waals surface area contributed by atoms with Crippen molar-refractivity contribution in [2.45, 2.75) is 38.5 Å². The van der Waals surface area contributed by atoms with Gasteiger partial charge in [-0.2, -0.15) is 0 Å². The quantitative estimate of drug-likeness (QED) is 0.159. The molecule has 0 atom stereocenters. The van der Waals surface area contributed by atoms with E-state index in [1.807, 2.05) is 36.4 Å². The first kappa shape index (κ1) is 28.3. The summed E-state index contributed by atoms with van der Waals surface area (Å²) in [6.07, 6.45) is 3.59. The van der Waals surface area contributed by atoms with Crippen LogP contribution < -0.4 is 0 Å². The summed E-state index contributed by atoms with van der Waals surface area (Å²) in [5, 5.41) is 4.85. The van der Waals surface area contributed by atoms with Gasteiger partial charge in [-0.25, -0.2) is 9.97 Å². The number of nitrogens with zero attached hydrogens (tertiary/aromatic N) is 2. The van der Waals surface area contributed by atoms with Crippen LogP contribution in [0.5, 0.6) is 0 Å². The number of aromatic nitrogens is 2. The summed E-state index contributed by atoms with van der Waals surface area (Å²) in [6.45, 7) is 9.46. The van der Waals surface area contributed by atoms with Gasteiger partial charge in [0.05, 0.1) is 0 Å². The molecular weight excluding hydrogens is 581 g/mol. The number of hydrogen-bond acceptors (Lipinski definition) is 2. The van der Waals surface area contributed by atoms with Gasteiger partial charge >= 0.3 is 0 Å². The van der Waals surface area contributed by atoms with Crippen LogP contribution in [0.25, 0.3) is 43.8 Å². The molecule has 0 unspecified atom stereocenters. The first-order valence-electron chi connectivity index (χ1n) is 16.5. The van der Waals surface area contributed by atoms with Crippen LogP contribution in [0.15, 0.2) is 122 Å². The fourth-order valence-corrected chi connectivity index (χ4v) is 8.00. The Morgan fingerprint density at radius 1 is 0.417 bits per heavy atom. The van der Waals surface area contributed by atoms with Gasteiger partial charge in [0.2, 0.25) is 0 Å². The van der Waals surface area contributed by atoms with Crippen LogP contribution in [0.1, 0.15) is 72.5 Å². The van der Waals surface area contributed by atoms with Crippen molar-refractivity contribution in [1.29, 1.82) is 0 Å². The molecular formula is C46H32N2. The van der Waals surface area contributed by atoms with E-state index in [2.05, 4.69) is 134 Å². The highest BCUT2D eigenvalue weighted by atomic mass is 14.7. The molecule has 0 bridgehead atoms. The monoisotopic (exact) mass is 612 g/mol. The second-order valence-corrected chi connectivity index (χ2v) is 13.9. The number of fused-ring (bicyclic) bond motifs is 10. The number of pyridine rings is 2. The smallest absolute Gasteiger partial charge is 0.113 e. The largest absolute Gasteiger partial charge is 0.248 e. The molecule has 5 aromatic carbocycles. The molecule has 2 aliphatic carbocycles. The minimum Gasteiger partial charge on any atom is -0.248 e. The Balaban J connectivity index is 1.26. The highest BCUT2D eigenvalue weighted by Crippen LogP contribution is 2.58. The van der Waals surface area contributed by atoms with E-state index in [0.29, 0.717) is 0 Å². The van der Waals surface area contributed by atoms with Crippen molar-refractivity contribution in [3.63, 3.8) is 0 Å². The lowest BCUT2D eigenvalue weighted by Crippen LogP contribution is -2.17. The third-order valence-electron chi connectivity index (χ3n) is 10.5. The van der Waals surface area contributed by atoms with E-state index in [9.17, 15) is 0 Å². The van der Waals surface area contributed by atoms with E-state index in [4.69, 9.17) is 0 Å². The van der Waals surface area contributed by atoms with Crippen LogP contribution in [0.2, 0.25) is 0 Å². The van der Waals surface area contributed by atoms with Gasteiger partial charge in [-0.3, -0.25) is 0 Å². The van der Waals surface area contributed by atoms with Crippen LogP contribution in [0.3, 0.4) is 0 Å². The molecule has 2 heterocycles. The number of benzene rings is 5. The van der Waals surface area contributed by atoms with Gasteiger partial charge in [0.25, 0.3) is 0 Å². The third-order valence-corrected chi connectivity index (χ3v) is 10.5. The van der Waals surface area contributed by atoms with Gasteiger partial charge < -0.3 is 0 Å². The summed E-state index contributed by atoms with van der Waals surface area (Å²) >= 11 is 0. The molecule has 0 spiro atoms. The highest BCUT2D eigenvalue weighted by molar-refractivity contribution is 6.09. The Morgan fingerprint density at radius 3 is 1.21 bits per heavy atom. The molecule has 0 N–H and O–H groups in total. The van der Waals surface area contributed by atoms with Crippen LogP contribution in [0, 0.1) is 23.7 Å². The molecule has 2 aliphatic rings. The highest BCUT2D eigenvalue weighted by Gasteiger charge is 2.43. The Bertz CT molecular complexity index is 2420. The predicted octanol–water partition coefficient (Wildman–Crippen LogP) is 10.2. The normalized spacial score (nSPS) is 14.2. The van der Waals surface area contributed by atoms with Crippen LogP contribution in [-0.2, 0) is 10.8 Å². The Kier molecular flexibility index (Phi) is 6.05. The zero-order chi connectivity index (χ0) is 32.6. The standard InChI is InChI=1S/C46H32N2/c1-45(2)39-27-38-40(28-37(39)43-35-17-7-5-15-33(35)29(25-41(43)45)19-21-31-13-9-11-23-47-31)46(3,4)42-26-30(20-22-32-14-10-12-24-48-32)34-16-6-8-18-36(34)44(38)42/h5-18,23-28H,1-4H3. The van der Waals surface area contributed by atoms with Gasteiger partial charge in [0, 0.05) is 34.4 Å². The molecule has 0 amide bonds. The SMILES string of the molecule is CC1(C)c2cc3c(cc2-c2c1cc(C#Cc1ccccn1)c1ccccc21)C(C)(C)c1cc(C#Cc2ccccn2)c2ccccc2c1-3. The molecule has 7 aromatic rings. The fourth-order valence-electron chi connectivity index (χ4n) is 8.00. The maximum Gasteiger partial charge on any atom is 0.113 e. The summed E-state index contributed by atoms with van der Waals surface area (Å²) < 4.78 is 0. The summed E-state index contributed by atoms with van der Waals surface area (Å²) in [7, 11) is 0. The second kappa shape index (κ2) is 10.3. The molecule has 0 radical (unpaired) electrons. The molecule has 0 saturated carbocycles. The van der Waals surface area contributed by atoms with Crippen LogP contribution in [0.4, 0.5) is 0 Å². The average molecular weight is 613 g/mol. The molecule has 2 aromatic heterocycles. The average Bonchev–Trinajstić information content (AvgIpc) is 3.48. The van der Waals surface area contributed by atoms with E-state index in [1.165, 1.54) is 66.1 Å². The van der Waals surface area contributed by atoms with E-state index in [-0.39, 0.29) is 10.8 Å². The zero-order valence-electron chi connectivity index (χ0n) is 27.4. The first-order valence-corrected chi connectivity index (χ1v) is 16.5. The first-order chi connectivity index (χ1) is 23.3. The topological polar surface area (TPSA) is 25.8 Å². The van der Waals surface area contributed by atoms with Gasteiger partial charge in [-0.1, -0.05) is 100 Å². The molecule has 48 heavy (non-hydrogen) atoms. The molecule has 2 heteroatoms. The summed E-state index contributed by atoms with van der Waals surface area (Å²) in [5.41, 5.74) is 13.9. The molecule has 2 nitrogen and oxygen atoms in total. The lowest BCUT2D eigenvalue weighted by molar-refractivity contribution is 0.652. The third kappa shape index (κ3) is 4.10. The lowest BCUT2D eigenvalue weighted by atomic mass is 9.79. The van der Waals surface area contributed by atoms with Crippen molar-refractivity contribution in [3.05, 3.63) is 166 Å². The maximum atomic E-state index is 4.44. The second-order valence-electron chi connectivity index (χ2n) is 13.9. The summed E-state index contributed by atoms with van der Waals surface area (Å²) in [6, 6.07) is 38.9. The van der Waals surface area contributed by atoms with Crippen molar-refractivity contribution >= 4 is 21.5 Å². The Morgan fingerprint density at radius 2 is 0.812 bits per heavy atom. The van der Waals surface area contributed by atoms with Gasteiger partial charge in [0.15, 0.2) is 0 Å². The van der Waals surface area contributed by atoms with E-state index < -0.39 is 0 Å². The minimum atomic E-state index is -0.206. The van der Waals surface area contributed by atoms with Crippen molar-refractivity contribution < 1.29 is 0 Å².